The van der Waals surface area contributed by atoms with Crippen molar-refractivity contribution in [2.75, 3.05) is 13.1 Å². The van der Waals surface area contributed by atoms with Crippen LogP contribution in [0.1, 0.15) is 54.0 Å². The van der Waals surface area contributed by atoms with Gasteiger partial charge in [-0.2, -0.15) is 0 Å². The minimum absolute atomic E-state index is 0.0464. The van der Waals surface area contributed by atoms with E-state index in [0.29, 0.717) is 11.1 Å². The third kappa shape index (κ3) is 3.73. The Kier molecular flexibility index (Phi) is 5.16. The van der Waals surface area contributed by atoms with Crippen LogP contribution in [0.4, 0.5) is 0 Å². The number of benzene rings is 1. The van der Waals surface area contributed by atoms with Gasteiger partial charge in [-0.1, -0.05) is 18.2 Å². The summed E-state index contributed by atoms with van der Waals surface area (Å²) >= 11 is 0. The van der Waals surface area contributed by atoms with Crippen LogP contribution in [0.15, 0.2) is 35.1 Å². The Morgan fingerprint density at radius 2 is 1.88 bits per heavy atom. The van der Waals surface area contributed by atoms with Gasteiger partial charge in [0, 0.05) is 18.7 Å². The Hall–Kier alpha value is -2.63. The number of aromatic nitrogens is 1. The van der Waals surface area contributed by atoms with Gasteiger partial charge in [-0.25, -0.2) is 9.78 Å². The number of hydrogen-bond acceptors (Lipinski definition) is 5. The summed E-state index contributed by atoms with van der Waals surface area (Å²) in [6, 6.07) is 7.14. The fourth-order valence-corrected chi connectivity index (χ4v) is 2.99. The molecule has 6 nitrogen and oxygen atoms in total. The number of rotatable bonds is 4. The van der Waals surface area contributed by atoms with Crippen LogP contribution in [-0.4, -0.2) is 41.0 Å². The average Bonchev–Trinajstić information content (AvgIpc) is 3.11. The van der Waals surface area contributed by atoms with Crippen LogP contribution in [0.5, 0.6) is 0 Å². The quantitative estimate of drug-likeness (QED) is 0.795. The standard InChI is InChI=1S/C19H22N2O4/c1-13(2)25-19(23)16-17(24-12-20-16)14-8-4-5-9-15(14)18(22)21-10-6-3-7-11-21/h4-5,8-9,12-13H,3,6-7,10-11H2,1-2H3. The second-order valence-electron chi connectivity index (χ2n) is 6.38. The summed E-state index contributed by atoms with van der Waals surface area (Å²) in [6.45, 7) is 5.05. The van der Waals surface area contributed by atoms with E-state index < -0.39 is 5.97 Å². The fraction of sp³-hybridized carbons (Fsp3) is 0.421. The Balaban J connectivity index is 1.95. The first-order valence-electron chi connectivity index (χ1n) is 8.61. The van der Waals surface area contributed by atoms with E-state index in [2.05, 4.69) is 4.98 Å². The molecule has 1 amide bonds. The lowest BCUT2D eigenvalue weighted by molar-refractivity contribution is 0.0371. The number of amides is 1. The van der Waals surface area contributed by atoms with E-state index >= 15 is 0 Å². The minimum Gasteiger partial charge on any atom is -0.458 e. The number of oxazole rings is 1. The van der Waals surface area contributed by atoms with Crippen LogP contribution in [0.25, 0.3) is 11.3 Å². The van der Waals surface area contributed by atoms with E-state index in [9.17, 15) is 9.59 Å². The monoisotopic (exact) mass is 342 g/mol. The van der Waals surface area contributed by atoms with Gasteiger partial charge in [0.15, 0.2) is 17.8 Å². The zero-order chi connectivity index (χ0) is 17.8. The molecule has 3 rings (SSSR count). The third-order valence-corrected chi connectivity index (χ3v) is 4.15. The average molecular weight is 342 g/mol. The largest absolute Gasteiger partial charge is 0.458 e. The number of piperidine rings is 1. The molecule has 1 aliphatic heterocycles. The molecule has 0 bridgehead atoms. The van der Waals surface area contributed by atoms with E-state index in [1.807, 2.05) is 17.0 Å². The highest BCUT2D eigenvalue weighted by Gasteiger charge is 2.26. The lowest BCUT2D eigenvalue weighted by atomic mass is 10.0. The Bertz CT molecular complexity index is 760. The van der Waals surface area contributed by atoms with E-state index in [0.717, 1.165) is 32.4 Å². The van der Waals surface area contributed by atoms with Crippen LogP contribution in [-0.2, 0) is 4.74 Å². The lowest BCUT2D eigenvalue weighted by Gasteiger charge is -2.27. The summed E-state index contributed by atoms with van der Waals surface area (Å²) in [5.74, 6) is -0.333. The maximum absolute atomic E-state index is 12.9. The zero-order valence-electron chi connectivity index (χ0n) is 14.5. The summed E-state index contributed by atoms with van der Waals surface area (Å²) in [4.78, 5) is 31.0. The molecule has 1 aromatic carbocycles. The van der Waals surface area contributed by atoms with Crippen molar-refractivity contribution in [1.82, 2.24) is 9.88 Å². The van der Waals surface area contributed by atoms with Crippen molar-refractivity contribution in [2.45, 2.75) is 39.2 Å². The maximum Gasteiger partial charge on any atom is 0.361 e. The molecular weight excluding hydrogens is 320 g/mol. The van der Waals surface area contributed by atoms with Crippen LogP contribution in [0.3, 0.4) is 0 Å². The van der Waals surface area contributed by atoms with Crippen molar-refractivity contribution in [1.29, 1.82) is 0 Å². The number of hydrogen-bond donors (Lipinski definition) is 0. The number of carbonyl (C=O) groups excluding carboxylic acids is 2. The molecule has 25 heavy (non-hydrogen) atoms. The first-order chi connectivity index (χ1) is 12.1. The second kappa shape index (κ2) is 7.51. The molecule has 2 heterocycles. The highest BCUT2D eigenvalue weighted by molar-refractivity contribution is 6.03. The van der Waals surface area contributed by atoms with Crippen LogP contribution in [0, 0.1) is 0 Å². The van der Waals surface area contributed by atoms with Crippen molar-refractivity contribution >= 4 is 11.9 Å². The molecule has 2 aromatic rings. The predicted octanol–water partition coefficient (Wildman–Crippen LogP) is 3.53. The summed E-state index contributed by atoms with van der Waals surface area (Å²) in [6.07, 6.45) is 4.12. The molecule has 132 valence electrons. The Labute approximate surface area is 146 Å². The normalized spacial score (nSPS) is 14.6. The van der Waals surface area contributed by atoms with Gasteiger partial charge >= 0.3 is 5.97 Å². The second-order valence-corrected chi connectivity index (χ2v) is 6.38. The molecule has 0 unspecified atom stereocenters. The molecule has 6 heteroatoms. The first-order valence-corrected chi connectivity index (χ1v) is 8.61. The SMILES string of the molecule is CC(C)OC(=O)c1ncoc1-c1ccccc1C(=O)N1CCCCC1. The summed E-state index contributed by atoms with van der Waals surface area (Å²) in [5, 5.41) is 0. The molecule has 1 fully saturated rings. The molecular formula is C19H22N2O4. The highest BCUT2D eigenvalue weighted by atomic mass is 16.5. The summed E-state index contributed by atoms with van der Waals surface area (Å²) in [5.41, 5.74) is 1.17. The predicted molar refractivity (Wildman–Crippen MR) is 92.2 cm³/mol. The smallest absolute Gasteiger partial charge is 0.361 e. The van der Waals surface area contributed by atoms with E-state index in [1.54, 1.807) is 26.0 Å². The van der Waals surface area contributed by atoms with Crippen molar-refractivity contribution in [3.05, 3.63) is 41.9 Å². The minimum atomic E-state index is -0.557. The third-order valence-electron chi connectivity index (χ3n) is 4.15. The highest BCUT2D eigenvalue weighted by Crippen LogP contribution is 2.29. The molecule has 0 atom stereocenters. The molecule has 0 radical (unpaired) electrons. The van der Waals surface area contributed by atoms with Gasteiger partial charge in [-0.3, -0.25) is 4.79 Å². The van der Waals surface area contributed by atoms with Crippen LogP contribution < -0.4 is 0 Å². The van der Waals surface area contributed by atoms with Gasteiger partial charge in [0.25, 0.3) is 5.91 Å². The van der Waals surface area contributed by atoms with Crippen LogP contribution in [0.2, 0.25) is 0 Å². The van der Waals surface area contributed by atoms with Crippen molar-refractivity contribution in [2.24, 2.45) is 0 Å². The van der Waals surface area contributed by atoms with E-state index in [4.69, 9.17) is 9.15 Å². The summed E-state index contributed by atoms with van der Waals surface area (Å²) in [7, 11) is 0. The van der Waals surface area contributed by atoms with Crippen molar-refractivity contribution in [3.63, 3.8) is 0 Å². The van der Waals surface area contributed by atoms with Gasteiger partial charge in [-0.05, 0) is 39.2 Å². The van der Waals surface area contributed by atoms with Gasteiger partial charge in [0.05, 0.1) is 11.7 Å². The number of ether oxygens (including phenoxy) is 1. The van der Waals surface area contributed by atoms with Crippen molar-refractivity contribution in [3.8, 4) is 11.3 Å². The summed E-state index contributed by atoms with van der Waals surface area (Å²) < 4.78 is 10.7. The number of carbonyl (C=O) groups is 2. The zero-order valence-corrected chi connectivity index (χ0v) is 14.5. The van der Waals surface area contributed by atoms with Crippen molar-refractivity contribution < 1.29 is 18.7 Å². The molecule has 0 spiro atoms. The molecule has 0 aliphatic carbocycles. The van der Waals surface area contributed by atoms with E-state index in [1.165, 1.54) is 6.39 Å². The molecule has 1 aromatic heterocycles. The van der Waals surface area contributed by atoms with Gasteiger partial charge < -0.3 is 14.1 Å². The molecule has 1 aliphatic rings. The number of nitrogens with zero attached hydrogens (tertiary/aromatic N) is 2. The maximum atomic E-state index is 12.9. The van der Waals surface area contributed by atoms with Gasteiger partial charge in [0.1, 0.15) is 0 Å². The topological polar surface area (TPSA) is 72.6 Å². The molecule has 1 saturated heterocycles. The lowest BCUT2D eigenvalue weighted by Crippen LogP contribution is -2.35. The molecule has 0 N–H and O–H groups in total. The first kappa shape index (κ1) is 17.2. The molecule has 0 saturated carbocycles. The fourth-order valence-electron chi connectivity index (χ4n) is 2.99. The number of likely N-dealkylation sites (tertiary alicyclic amines) is 1. The number of esters is 1. The van der Waals surface area contributed by atoms with Gasteiger partial charge in [-0.15, -0.1) is 0 Å². The Morgan fingerprint density at radius 1 is 1.16 bits per heavy atom. The van der Waals surface area contributed by atoms with Gasteiger partial charge in [0.2, 0.25) is 0 Å². The van der Waals surface area contributed by atoms with Crippen LogP contribution >= 0.6 is 0 Å². The van der Waals surface area contributed by atoms with E-state index in [-0.39, 0.29) is 23.5 Å². The Morgan fingerprint density at radius 3 is 2.60 bits per heavy atom.